The van der Waals surface area contributed by atoms with E-state index in [1.165, 1.54) is 23.9 Å². The van der Waals surface area contributed by atoms with Crippen LogP contribution in [0.25, 0.3) is 5.69 Å². The predicted octanol–water partition coefficient (Wildman–Crippen LogP) is 3.77. The van der Waals surface area contributed by atoms with E-state index in [9.17, 15) is 9.18 Å². The topological polar surface area (TPSA) is 69.0 Å². The minimum atomic E-state index is -0.402. The lowest BCUT2D eigenvalue weighted by atomic mass is 10.1. The second-order valence-electron chi connectivity index (χ2n) is 6.20. The fraction of sp³-hybridized carbons (Fsp3) is 0.250. The highest BCUT2D eigenvalue weighted by Crippen LogP contribution is 2.29. The van der Waals surface area contributed by atoms with E-state index in [-0.39, 0.29) is 17.8 Å². The van der Waals surface area contributed by atoms with Gasteiger partial charge in [-0.2, -0.15) is 0 Å². The van der Waals surface area contributed by atoms with Crippen molar-refractivity contribution in [1.82, 2.24) is 20.1 Å². The van der Waals surface area contributed by atoms with Crippen LogP contribution in [-0.4, -0.2) is 33.0 Å². The molecule has 2 atom stereocenters. The zero-order valence-electron chi connectivity index (χ0n) is 15.8. The van der Waals surface area contributed by atoms with Crippen LogP contribution in [0.2, 0.25) is 0 Å². The molecule has 1 amide bonds. The Balaban J connectivity index is 1.70. The Kier molecular flexibility index (Phi) is 6.30. The van der Waals surface area contributed by atoms with Crippen molar-refractivity contribution >= 4 is 17.7 Å². The third-order valence-electron chi connectivity index (χ3n) is 4.24. The van der Waals surface area contributed by atoms with E-state index in [0.29, 0.717) is 10.9 Å². The Hall–Kier alpha value is -2.87. The summed E-state index contributed by atoms with van der Waals surface area (Å²) in [5.41, 5.74) is 1.63. The molecule has 0 saturated carbocycles. The highest BCUT2D eigenvalue weighted by atomic mass is 32.2. The lowest BCUT2D eigenvalue weighted by Crippen LogP contribution is -2.33. The molecular weight excluding hydrogens is 379 g/mol. The number of para-hydroxylation sites is 2. The number of thioether (sulfide) groups is 1. The molecule has 0 unspecified atom stereocenters. The number of carbonyl (C=O) groups is 1. The number of benzene rings is 2. The maximum atomic E-state index is 13.1. The molecule has 0 fully saturated rings. The molecule has 0 aliphatic rings. The minimum Gasteiger partial charge on any atom is -0.495 e. The first-order valence-electron chi connectivity index (χ1n) is 8.75. The largest absolute Gasteiger partial charge is 0.495 e. The van der Waals surface area contributed by atoms with Crippen molar-refractivity contribution < 1.29 is 13.9 Å². The second-order valence-corrected chi connectivity index (χ2v) is 7.51. The molecule has 3 aromatic rings. The number of methoxy groups -OCH3 is 1. The molecule has 3 rings (SSSR count). The number of carbonyl (C=O) groups excluding carboxylic acids is 1. The first-order valence-corrected chi connectivity index (χ1v) is 9.63. The third kappa shape index (κ3) is 4.51. The standard InChI is InChI=1S/C20H21FN4O2S/c1-13(15-8-10-16(21)11-9-15)23-19(26)14(2)28-20-24-22-12-25(20)17-6-4-5-7-18(17)27-3/h4-14H,1-3H3,(H,23,26)/t13-,14-/m1/s1. The monoisotopic (exact) mass is 400 g/mol. The van der Waals surface area contributed by atoms with Gasteiger partial charge in [0.05, 0.1) is 24.1 Å². The number of hydrogen-bond donors (Lipinski definition) is 1. The molecule has 146 valence electrons. The molecule has 0 spiro atoms. The first-order chi connectivity index (χ1) is 13.5. The van der Waals surface area contributed by atoms with Gasteiger partial charge < -0.3 is 10.1 Å². The molecule has 0 aliphatic carbocycles. The SMILES string of the molecule is COc1ccccc1-n1cnnc1S[C@H](C)C(=O)N[C@H](C)c1ccc(F)cc1. The van der Waals surface area contributed by atoms with E-state index in [0.717, 1.165) is 11.3 Å². The molecule has 28 heavy (non-hydrogen) atoms. The van der Waals surface area contributed by atoms with Gasteiger partial charge in [0.25, 0.3) is 0 Å². The summed E-state index contributed by atoms with van der Waals surface area (Å²) in [5, 5.41) is 11.2. The second kappa shape index (κ2) is 8.88. The highest BCUT2D eigenvalue weighted by Gasteiger charge is 2.21. The van der Waals surface area contributed by atoms with E-state index in [4.69, 9.17) is 4.74 Å². The summed E-state index contributed by atoms with van der Waals surface area (Å²) in [6.45, 7) is 3.67. The highest BCUT2D eigenvalue weighted by molar-refractivity contribution is 8.00. The van der Waals surface area contributed by atoms with Crippen LogP contribution in [-0.2, 0) is 4.79 Å². The van der Waals surface area contributed by atoms with Crippen LogP contribution in [0.4, 0.5) is 4.39 Å². The Labute approximate surface area is 167 Å². The summed E-state index contributed by atoms with van der Waals surface area (Å²) in [5.74, 6) is 0.240. The summed E-state index contributed by atoms with van der Waals surface area (Å²) in [6.07, 6.45) is 1.59. The van der Waals surface area contributed by atoms with Crippen molar-refractivity contribution in [2.75, 3.05) is 7.11 Å². The van der Waals surface area contributed by atoms with Crippen molar-refractivity contribution in [3.8, 4) is 11.4 Å². The van der Waals surface area contributed by atoms with Gasteiger partial charge in [-0.05, 0) is 43.7 Å². The van der Waals surface area contributed by atoms with Crippen LogP contribution in [0.3, 0.4) is 0 Å². The van der Waals surface area contributed by atoms with Crippen LogP contribution in [0, 0.1) is 5.82 Å². The fourth-order valence-electron chi connectivity index (χ4n) is 2.68. The number of rotatable bonds is 7. The fourth-order valence-corrected chi connectivity index (χ4v) is 3.52. The zero-order chi connectivity index (χ0) is 20.1. The molecule has 6 nitrogen and oxygen atoms in total. The maximum absolute atomic E-state index is 13.1. The first kappa shape index (κ1) is 19.9. The number of halogens is 1. The third-order valence-corrected chi connectivity index (χ3v) is 5.30. The van der Waals surface area contributed by atoms with Gasteiger partial charge in [0, 0.05) is 0 Å². The van der Waals surface area contributed by atoms with Crippen molar-refractivity contribution in [3.63, 3.8) is 0 Å². The number of nitrogens with zero attached hydrogens (tertiary/aromatic N) is 3. The average Bonchev–Trinajstić information content (AvgIpc) is 3.16. The van der Waals surface area contributed by atoms with Gasteiger partial charge in [-0.15, -0.1) is 10.2 Å². The normalized spacial score (nSPS) is 13.0. The summed E-state index contributed by atoms with van der Waals surface area (Å²) < 4.78 is 20.3. The molecule has 1 aromatic heterocycles. The Bertz CT molecular complexity index is 945. The Morgan fingerprint density at radius 1 is 1.18 bits per heavy atom. The Morgan fingerprint density at radius 2 is 1.89 bits per heavy atom. The molecule has 0 saturated heterocycles. The van der Waals surface area contributed by atoms with Crippen LogP contribution >= 0.6 is 11.8 Å². The number of hydrogen-bond acceptors (Lipinski definition) is 5. The summed E-state index contributed by atoms with van der Waals surface area (Å²) in [6, 6.07) is 13.4. The lowest BCUT2D eigenvalue weighted by Gasteiger charge is -2.18. The quantitative estimate of drug-likeness (QED) is 0.612. The van der Waals surface area contributed by atoms with Crippen molar-refractivity contribution in [3.05, 3.63) is 66.2 Å². The van der Waals surface area contributed by atoms with E-state index < -0.39 is 5.25 Å². The summed E-state index contributed by atoms with van der Waals surface area (Å²) in [7, 11) is 1.60. The zero-order valence-corrected chi connectivity index (χ0v) is 16.6. The van der Waals surface area contributed by atoms with Crippen LogP contribution < -0.4 is 10.1 Å². The summed E-state index contributed by atoms with van der Waals surface area (Å²) >= 11 is 1.30. The molecule has 8 heteroatoms. The molecule has 0 aliphatic heterocycles. The van der Waals surface area contributed by atoms with Crippen LogP contribution in [0.15, 0.2) is 60.0 Å². The molecule has 1 N–H and O–H groups in total. The van der Waals surface area contributed by atoms with Gasteiger partial charge in [0.15, 0.2) is 5.16 Å². The van der Waals surface area contributed by atoms with Gasteiger partial charge in [0.1, 0.15) is 17.9 Å². The van der Waals surface area contributed by atoms with Crippen molar-refractivity contribution in [2.24, 2.45) is 0 Å². The molecule has 0 radical (unpaired) electrons. The van der Waals surface area contributed by atoms with Gasteiger partial charge in [-0.1, -0.05) is 36.0 Å². The number of ether oxygens (including phenoxy) is 1. The van der Waals surface area contributed by atoms with Gasteiger partial charge in [-0.25, -0.2) is 4.39 Å². The lowest BCUT2D eigenvalue weighted by molar-refractivity contribution is -0.120. The van der Waals surface area contributed by atoms with Crippen LogP contribution in [0.1, 0.15) is 25.5 Å². The van der Waals surface area contributed by atoms with Crippen molar-refractivity contribution in [1.29, 1.82) is 0 Å². The average molecular weight is 400 g/mol. The minimum absolute atomic E-state index is 0.142. The van der Waals surface area contributed by atoms with E-state index in [1.54, 1.807) is 37.1 Å². The summed E-state index contributed by atoms with van der Waals surface area (Å²) in [4.78, 5) is 12.6. The van der Waals surface area contributed by atoms with Gasteiger partial charge in [0.2, 0.25) is 5.91 Å². The van der Waals surface area contributed by atoms with Crippen LogP contribution in [0.5, 0.6) is 5.75 Å². The number of amides is 1. The van der Waals surface area contributed by atoms with Gasteiger partial charge >= 0.3 is 0 Å². The van der Waals surface area contributed by atoms with E-state index in [2.05, 4.69) is 15.5 Å². The van der Waals surface area contributed by atoms with Gasteiger partial charge in [-0.3, -0.25) is 9.36 Å². The van der Waals surface area contributed by atoms with Crippen molar-refractivity contribution in [2.45, 2.75) is 30.3 Å². The Morgan fingerprint density at radius 3 is 2.61 bits per heavy atom. The molecule has 1 heterocycles. The maximum Gasteiger partial charge on any atom is 0.233 e. The smallest absolute Gasteiger partial charge is 0.233 e. The van der Waals surface area contributed by atoms with E-state index >= 15 is 0 Å². The molecule has 0 bridgehead atoms. The number of nitrogens with one attached hydrogen (secondary N) is 1. The molecule has 2 aromatic carbocycles. The van der Waals surface area contributed by atoms with E-state index in [1.807, 2.05) is 31.2 Å². The molecular formula is C20H21FN4O2S. The number of aromatic nitrogens is 3. The predicted molar refractivity (Wildman–Crippen MR) is 106 cm³/mol.